The van der Waals surface area contributed by atoms with Gasteiger partial charge in [-0.15, -0.1) is 0 Å². The largest absolute Gasteiger partial charge is 0.380 e. The number of ketones is 1. The van der Waals surface area contributed by atoms with Gasteiger partial charge in [0, 0.05) is 24.8 Å². The summed E-state index contributed by atoms with van der Waals surface area (Å²) < 4.78 is 7.19. The van der Waals surface area contributed by atoms with E-state index in [4.69, 9.17) is 4.74 Å². The summed E-state index contributed by atoms with van der Waals surface area (Å²) >= 11 is 0. The van der Waals surface area contributed by atoms with Crippen molar-refractivity contribution in [2.45, 2.75) is 32.7 Å². The molecule has 0 aliphatic carbocycles. The van der Waals surface area contributed by atoms with Crippen LogP contribution in [0.15, 0.2) is 6.33 Å². The van der Waals surface area contributed by atoms with Crippen molar-refractivity contribution in [1.82, 2.24) is 14.8 Å². The first kappa shape index (κ1) is 11.3. The van der Waals surface area contributed by atoms with Crippen LogP contribution in [0.4, 0.5) is 0 Å². The number of carbonyl (C=O) groups excluding carboxylic acids is 1. The van der Waals surface area contributed by atoms with Gasteiger partial charge in [-0.25, -0.2) is 9.67 Å². The van der Waals surface area contributed by atoms with E-state index in [-0.39, 0.29) is 17.7 Å². The average molecular weight is 223 g/mol. The van der Waals surface area contributed by atoms with Gasteiger partial charge in [-0.1, -0.05) is 0 Å². The van der Waals surface area contributed by atoms with Crippen molar-refractivity contribution in [2.75, 3.05) is 13.2 Å². The minimum absolute atomic E-state index is 0.0459. The van der Waals surface area contributed by atoms with E-state index in [2.05, 4.69) is 23.9 Å². The topological polar surface area (TPSA) is 57.0 Å². The number of carbonyl (C=O) groups is 1. The zero-order valence-corrected chi connectivity index (χ0v) is 9.72. The Bertz CT molecular complexity index is 373. The fraction of sp³-hybridized carbons (Fsp3) is 0.727. The van der Waals surface area contributed by atoms with Crippen LogP contribution in [0, 0.1) is 5.92 Å². The smallest absolute Gasteiger partial charge is 0.141 e. The Morgan fingerprint density at radius 2 is 2.44 bits per heavy atom. The molecule has 1 fully saturated rings. The second kappa shape index (κ2) is 4.74. The highest BCUT2D eigenvalue weighted by molar-refractivity contribution is 5.81. The molecule has 0 N–H and O–H groups in total. The molecule has 1 aromatic heterocycles. The van der Waals surface area contributed by atoms with Crippen LogP contribution >= 0.6 is 0 Å². The van der Waals surface area contributed by atoms with Crippen LogP contribution in [0.2, 0.25) is 0 Å². The molecular weight excluding hydrogens is 206 g/mol. The summed E-state index contributed by atoms with van der Waals surface area (Å²) in [6.45, 7) is 5.19. The molecule has 1 aliphatic rings. The molecule has 2 rings (SSSR count). The minimum atomic E-state index is -0.0459. The maximum atomic E-state index is 11.7. The second-order valence-electron chi connectivity index (χ2n) is 4.41. The quantitative estimate of drug-likeness (QED) is 0.767. The molecule has 1 unspecified atom stereocenters. The SMILES string of the molecule is CC(C)n1ncnc1CC1COCCC1=O. The van der Waals surface area contributed by atoms with E-state index in [1.807, 2.05) is 4.68 Å². The van der Waals surface area contributed by atoms with Gasteiger partial charge in [-0.05, 0) is 13.8 Å². The van der Waals surface area contributed by atoms with Gasteiger partial charge in [0.15, 0.2) is 0 Å². The highest BCUT2D eigenvalue weighted by atomic mass is 16.5. The van der Waals surface area contributed by atoms with Crippen molar-refractivity contribution in [3.8, 4) is 0 Å². The van der Waals surface area contributed by atoms with Crippen LogP contribution in [-0.2, 0) is 16.0 Å². The molecule has 0 radical (unpaired) electrons. The number of hydrogen-bond donors (Lipinski definition) is 0. The van der Waals surface area contributed by atoms with Gasteiger partial charge in [0.2, 0.25) is 0 Å². The van der Waals surface area contributed by atoms with Gasteiger partial charge in [0.1, 0.15) is 17.9 Å². The standard InChI is InChI=1S/C11H17N3O2/c1-8(2)14-11(12-7-13-14)5-9-6-16-4-3-10(9)15/h7-9H,3-6H2,1-2H3. The van der Waals surface area contributed by atoms with E-state index in [0.717, 1.165) is 5.82 Å². The Hall–Kier alpha value is -1.23. The molecule has 1 aliphatic heterocycles. The van der Waals surface area contributed by atoms with E-state index in [0.29, 0.717) is 26.1 Å². The lowest BCUT2D eigenvalue weighted by Gasteiger charge is -2.21. The Morgan fingerprint density at radius 1 is 1.62 bits per heavy atom. The van der Waals surface area contributed by atoms with E-state index in [1.54, 1.807) is 6.33 Å². The van der Waals surface area contributed by atoms with Gasteiger partial charge in [0.05, 0.1) is 13.2 Å². The number of hydrogen-bond acceptors (Lipinski definition) is 4. The fourth-order valence-electron chi connectivity index (χ4n) is 1.94. The third kappa shape index (κ3) is 2.29. The summed E-state index contributed by atoms with van der Waals surface area (Å²) in [6, 6.07) is 0.275. The van der Waals surface area contributed by atoms with Gasteiger partial charge in [-0.3, -0.25) is 4.79 Å². The van der Waals surface area contributed by atoms with Crippen molar-refractivity contribution >= 4 is 5.78 Å². The number of nitrogens with zero attached hydrogens (tertiary/aromatic N) is 3. The van der Waals surface area contributed by atoms with Crippen molar-refractivity contribution in [1.29, 1.82) is 0 Å². The first-order chi connectivity index (χ1) is 7.68. The van der Waals surface area contributed by atoms with E-state index in [9.17, 15) is 4.79 Å². The van der Waals surface area contributed by atoms with Crippen LogP contribution in [0.25, 0.3) is 0 Å². The molecule has 0 amide bonds. The predicted octanol–water partition coefficient (Wildman–Crippen LogP) is 1.01. The molecular formula is C11H17N3O2. The maximum absolute atomic E-state index is 11.7. The first-order valence-electron chi connectivity index (χ1n) is 5.67. The summed E-state index contributed by atoms with van der Waals surface area (Å²) in [5.41, 5.74) is 0. The Balaban J connectivity index is 2.07. The average Bonchev–Trinajstić information content (AvgIpc) is 2.69. The van der Waals surface area contributed by atoms with Crippen LogP contribution in [0.1, 0.15) is 32.1 Å². The molecule has 0 bridgehead atoms. The molecule has 1 atom stereocenters. The molecule has 0 spiro atoms. The summed E-state index contributed by atoms with van der Waals surface area (Å²) in [5.74, 6) is 1.11. The second-order valence-corrected chi connectivity index (χ2v) is 4.41. The molecule has 5 heteroatoms. The lowest BCUT2D eigenvalue weighted by molar-refractivity contribution is -0.130. The van der Waals surface area contributed by atoms with Crippen molar-refractivity contribution in [2.24, 2.45) is 5.92 Å². The zero-order valence-electron chi connectivity index (χ0n) is 9.72. The third-order valence-electron chi connectivity index (χ3n) is 2.83. The molecule has 1 aromatic rings. The van der Waals surface area contributed by atoms with E-state index >= 15 is 0 Å². The van der Waals surface area contributed by atoms with Crippen LogP contribution in [0.3, 0.4) is 0 Å². The number of aromatic nitrogens is 3. The van der Waals surface area contributed by atoms with Crippen molar-refractivity contribution < 1.29 is 9.53 Å². The van der Waals surface area contributed by atoms with Crippen LogP contribution in [0.5, 0.6) is 0 Å². The van der Waals surface area contributed by atoms with Gasteiger partial charge >= 0.3 is 0 Å². The normalized spacial score (nSPS) is 21.7. The van der Waals surface area contributed by atoms with E-state index < -0.39 is 0 Å². The van der Waals surface area contributed by atoms with Crippen molar-refractivity contribution in [3.63, 3.8) is 0 Å². The zero-order chi connectivity index (χ0) is 11.5. The summed E-state index contributed by atoms with van der Waals surface area (Å²) in [6.07, 6.45) is 2.71. The molecule has 1 saturated heterocycles. The number of Topliss-reactive ketones (excluding diaryl/α,β-unsaturated/α-hetero) is 1. The fourth-order valence-corrected chi connectivity index (χ4v) is 1.94. The summed E-state index contributed by atoms with van der Waals surface area (Å²) in [5, 5.41) is 4.16. The number of rotatable bonds is 3. The Labute approximate surface area is 94.8 Å². The molecule has 5 nitrogen and oxygen atoms in total. The van der Waals surface area contributed by atoms with Gasteiger partial charge in [-0.2, -0.15) is 5.10 Å². The number of ether oxygens (including phenoxy) is 1. The lowest BCUT2D eigenvalue weighted by Crippen LogP contribution is -2.30. The molecule has 16 heavy (non-hydrogen) atoms. The summed E-state index contributed by atoms with van der Waals surface area (Å²) in [4.78, 5) is 15.9. The molecule has 88 valence electrons. The highest BCUT2D eigenvalue weighted by Crippen LogP contribution is 2.16. The van der Waals surface area contributed by atoms with E-state index in [1.165, 1.54) is 0 Å². The molecule has 2 heterocycles. The molecule has 0 aromatic carbocycles. The first-order valence-corrected chi connectivity index (χ1v) is 5.67. The van der Waals surface area contributed by atoms with Gasteiger partial charge < -0.3 is 4.74 Å². The maximum Gasteiger partial charge on any atom is 0.141 e. The van der Waals surface area contributed by atoms with Crippen LogP contribution < -0.4 is 0 Å². The van der Waals surface area contributed by atoms with Gasteiger partial charge in [0.25, 0.3) is 0 Å². The highest BCUT2D eigenvalue weighted by Gasteiger charge is 2.25. The third-order valence-corrected chi connectivity index (χ3v) is 2.83. The van der Waals surface area contributed by atoms with Crippen LogP contribution in [-0.4, -0.2) is 33.8 Å². The lowest BCUT2D eigenvalue weighted by atomic mass is 9.96. The minimum Gasteiger partial charge on any atom is -0.380 e. The predicted molar refractivity (Wildman–Crippen MR) is 58.0 cm³/mol. The molecule has 0 saturated carbocycles. The Morgan fingerprint density at radius 3 is 3.12 bits per heavy atom. The summed E-state index contributed by atoms with van der Waals surface area (Å²) in [7, 11) is 0. The van der Waals surface area contributed by atoms with Crippen molar-refractivity contribution in [3.05, 3.63) is 12.2 Å². The monoisotopic (exact) mass is 223 g/mol. The Kier molecular flexibility index (Phi) is 3.33.